The predicted molar refractivity (Wildman–Crippen MR) is 367 cm³/mol. The standard InChI is InChI=1S/C72H140O17P2/c1-9-64(7)50-42-34-26-22-23-29-39-47-55-72(77)89-67(58-82-69(74)52-44-36-27-20-17-16-19-25-33-41-49-63(5)6)60-86-90(78,79)84-56-66(73)57-85-91(80,81)87-61-68(59-83-70(75)53-45-37-31-30-35-43-51-65(8)10-2)88-71(76)54-46-38-28-21-15-13-11-12-14-18-24-32-40-48-62(3)4/h62-68,73H,9-61H2,1-8H3,(H,78,79)(H,80,81)/t64?,65?,66-,67-,68-/m1/s1. The molecule has 7 atom stereocenters. The maximum Gasteiger partial charge on any atom is 0.472 e. The van der Waals surface area contributed by atoms with Crippen LogP contribution in [0.5, 0.6) is 0 Å². The van der Waals surface area contributed by atoms with Crippen LogP contribution in [-0.4, -0.2) is 96.7 Å². The maximum atomic E-state index is 13.0. The first-order valence-electron chi connectivity index (χ1n) is 37.3. The second-order valence-electron chi connectivity index (χ2n) is 27.4. The highest BCUT2D eigenvalue weighted by molar-refractivity contribution is 7.47. The van der Waals surface area contributed by atoms with Gasteiger partial charge < -0.3 is 33.8 Å². The molecule has 0 aromatic carbocycles. The molecular weight excluding hydrogens is 1200 g/mol. The van der Waals surface area contributed by atoms with Gasteiger partial charge in [0.25, 0.3) is 0 Å². The molecule has 540 valence electrons. The number of hydrogen-bond donors (Lipinski definition) is 3. The summed E-state index contributed by atoms with van der Waals surface area (Å²) in [6, 6.07) is 0. The van der Waals surface area contributed by atoms with Crippen molar-refractivity contribution in [2.45, 2.75) is 375 Å². The van der Waals surface area contributed by atoms with E-state index >= 15 is 0 Å². The summed E-state index contributed by atoms with van der Waals surface area (Å²) in [5, 5.41) is 10.6. The van der Waals surface area contributed by atoms with Gasteiger partial charge in [-0.25, -0.2) is 9.13 Å². The molecule has 3 N–H and O–H groups in total. The van der Waals surface area contributed by atoms with Gasteiger partial charge in [0, 0.05) is 25.7 Å². The highest BCUT2D eigenvalue weighted by atomic mass is 31.2. The fourth-order valence-corrected chi connectivity index (χ4v) is 12.4. The third kappa shape index (κ3) is 63.9. The molecule has 0 bridgehead atoms. The fourth-order valence-electron chi connectivity index (χ4n) is 10.8. The first kappa shape index (κ1) is 89.1. The van der Waals surface area contributed by atoms with Crippen molar-refractivity contribution in [3.8, 4) is 0 Å². The number of carbonyl (C=O) groups is 4. The van der Waals surface area contributed by atoms with E-state index in [2.05, 4.69) is 55.4 Å². The molecule has 0 aliphatic rings. The molecular formula is C72H140O17P2. The molecule has 0 aromatic rings. The van der Waals surface area contributed by atoms with Crippen molar-refractivity contribution >= 4 is 39.5 Å². The van der Waals surface area contributed by atoms with Crippen LogP contribution in [-0.2, 0) is 65.4 Å². The van der Waals surface area contributed by atoms with Crippen molar-refractivity contribution in [2.24, 2.45) is 23.7 Å². The minimum Gasteiger partial charge on any atom is -0.462 e. The summed E-state index contributed by atoms with van der Waals surface area (Å²) in [6.07, 6.45) is 44.4. The van der Waals surface area contributed by atoms with E-state index in [9.17, 15) is 43.2 Å². The Bertz CT molecular complexity index is 1800. The van der Waals surface area contributed by atoms with Gasteiger partial charge in [0.05, 0.1) is 26.4 Å². The number of esters is 4. The molecule has 0 saturated heterocycles. The lowest BCUT2D eigenvalue weighted by atomic mass is 9.99. The van der Waals surface area contributed by atoms with Gasteiger partial charge in [-0.3, -0.25) is 37.3 Å². The van der Waals surface area contributed by atoms with Gasteiger partial charge in [-0.15, -0.1) is 0 Å². The molecule has 0 fully saturated rings. The van der Waals surface area contributed by atoms with Crippen LogP contribution in [0.2, 0.25) is 0 Å². The van der Waals surface area contributed by atoms with Gasteiger partial charge in [-0.05, 0) is 49.4 Å². The average Bonchev–Trinajstić information content (AvgIpc) is 3.16. The summed E-state index contributed by atoms with van der Waals surface area (Å²) in [7, 11) is -9.91. The van der Waals surface area contributed by atoms with Crippen molar-refractivity contribution in [1.82, 2.24) is 0 Å². The van der Waals surface area contributed by atoms with Gasteiger partial charge >= 0.3 is 39.5 Å². The minimum absolute atomic E-state index is 0.104. The summed E-state index contributed by atoms with van der Waals surface area (Å²) in [5.41, 5.74) is 0. The Balaban J connectivity index is 5.26. The largest absolute Gasteiger partial charge is 0.472 e. The van der Waals surface area contributed by atoms with Crippen LogP contribution in [0.25, 0.3) is 0 Å². The Hall–Kier alpha value is -1.94. The summed E-state index contributed by atoms with van der Waals surface area (Å²) >= 11 is 0. The number of carbonyl (C=O) groups excluding carboxylic acids is 4. The molecule has 0 radical (unpaired) electrons. The molecule has 0 amide bonds. The lowest BCUT2D eigenvalue weighted by Crippen LogP contribution is -2.30. The van der Waals surface area contributed by atoms with Crippen LogP contribution in [0.4, 0.5) is 0 Å². The maximum absolute atomic E-state index is 13.0. The number of unbranched alkanes of at least 4 members (excludes halogenated alkanes) is 33. The van der Waals surface area contributed by atoms with Gasteiger partial charge in [-0.1, -0.05) is 306 Å². The molecule has 0 aromatic heterocycles. The van der Waals surface area contributed by atoms with Crippen molar-refractivity contribution < 1.29 is 80.2 Å². The SMILES string of the molecule is CCC(C)CCCCCCCCCCC(=O)O[C@H](COC(=O)CCCCCCCCCCCCC(C)C)COP(=O)(O)OC[C@@H](O)COP(=O)(O)OC[C@@H](COC(=O)CCCCCCCCC(C)CC)OC(=O)CCCCCCCCCCCCCCCC(C)C. The molecule has 19 heteroatoms. The normalized spacial score (nSPS) is 14.8. The Morgan fingerprint density at radius 2 is 0.527 bits per heavy atom. The van der Waals surface area contributed by atoms with E-state index < -0.39 is 97.5 Å². The zero-order valence-electron chi connectivity index (χ0n) is 59.5. The molecule has 0 aliphatic carbocycles. The highest BCUT2D eigenvalue weighted by Gasteiger charge is 2.30. The first-order valence-corrected chi connectivity index (χ1v) is 40.3. The van der Waals surface area contributed by atoms with Gasteiger partial charge in [0.2, 0.25) is 0 Å². The van der Waals surface area contributed by atoms with Crippen molar-refractivity contribution in [3.05, 3.63) is 0 Å². The number of hydrogen-bond acceptors (Lipinski definition) is 15. The molecule has 0 aliphatic heterocycles. The Morgan fingerprint density at radius 1 is 0.308 bits per heavy atom. The lowest BCUT2D eigenvalue weighted by Gasteiger charge is -2.21. The van der Waals surface area contributed by atoms with E-state index in [1.807, 2.05) is 0 Å². The second-order valence-corrected chi connectivity index (χ2v) is 30.3. The number of aliphatic hydroxyl groups excluding tert-OH is 1. The van der Waals surface area contributed by atoms with Crippen LogP contribution >= 0.6 is 15.6 Å². The lowest BCUT2D eigenvalue weighted by molar-refractivity contribution is -0.161. The molecule has 0 spiro atoms. The molecule has 17 nitrogen and oxygen atoms in total. The Morgan fingerprint density at radius 3 is 0.780 bits per heavy atom. The Labute approximate surface area is 556 Å². The minimum atomic E-state index is -4.95. The van der Waals surface area contributed by atoms with Gasteiger partial charge in [0.15, 0.2) is 12.2 Å². The predicted octanol–water partition coefficient (Wildman–Crippen LogP) is 20.5. The molecule has 91 heavy (non-hydrogen) atoms. The van der Waals surface area contributed by atoms with Gasteiger partial charge in [-0.2, -0.15) is 0 Å². The highest BCUT2D eigenvalue weighted by Crippen LogP contribution is 2.45. The zero-order chi connectivity index (χ0) is 67.5. The number of phosphoric ester groups is 2. The van der Waals surface area contributed by atoms with E-state index in [1.54, 1.807) is 0 Å². The van der Waals surface area contributed by atoms with Crippen LogP contribution in [0.3, 0.4) is 0 Å². The van der Waals surface area contributed by atoms with Crippen LogP contribution in [0, 0.1) is 23.7 Å². The van der Waals surface area contributed by atoms with Gasteiger partial charge in [0.1, 0.15) is 19.3 Å². The number of aliphatic hydroxyl groups is 1. The van der Waals surface area contributed by atoms with Crippen molar-refractivity contribution in [2.75, 3.05) is 39.6 Å². The average molecular weight is 1340 g/mol. The van der Waals surface area contributed by atoms with E-state index in [4.69, 9.17) is 37.0 Å². The third-order valence-electron chi connectivity index (χ3n) is 17.3. The molecule has 0 rings (SSSR count). The first-order chi connectivity index (χ1) is 43.7. The van der Waals surface area contributed by atoms with E-state index in [0.29, 0.717) is 25.7 Å². The quantitative estimate of drug-likeness (QED) is 0.0222. The molecule has 0 saturated carbocycles. The topological polar surface area (TPSA) is 237 Å². The molecule has 0 heterocycles. The third-order valence-corrected chi connectivity index (χ3v) is 19.2. The summed E-state index contributed by atoms with van der Waals surface area (Å²) < 4.78 is 68.4. The van der Waals surface area contributed by atoms with E-state index in [1.165, 1.54) is 154 Å². The summed E-state index contributed by atoms with van der Waals surface area (Å²) in [4.78, 5) is 72.6. The van der Waals surface area contributed by atoms with Crippen molar-refractivity contribution in [1.29, 1.82) is 0 Å². The monoisotopic (exact) mass is 1340 g/mol. The van der Waals surface area contributed by atoms with Crippen LogP contribution in [0.1, 0.15) is 357 Å². The number of phosphoric acid groups is 2. The van der Waals surface area contributed by atoms with Crippen LogP contribution < -0.4 is 0 Å². The second kappa shape index (κ2) is 61.6. The van der Waals surface area contributed by atoms with E-state index in [-0.39, 0.29) is 25.7 Å². The molecule has 4 unspecified atom stereocenters. The summed E-state index contributed by atoms with van der Waals surface area (Å²) in [6.45, 7) is 14.1. The zero-order valence-corrected chi connectivity index (χ0v) is 61.3. The smallest absolute Gasteiger partial charge is 0.462 e. The number of ether oxygens (including phenoxy) is 4. The summed E-state index contributed by atoms with van der Waals surface area (Å²) in [5.74, 6) is 0.917. The van der Waals surface area contributed by atoms with Crippen molar-refractivity contribution in [3.63, 3.8) is 0 Å². The van der Waals surface area contributed by atoms with E-state index in [0.717, 1.165) is 120 Å². The number of rotatable bonds is 69. The fraction of sp³-hybridized carbons (Fsp3) is 0.944. The Kier molecular flexibility index (Phi) is 60.3. The van der Waals surface area contributed by atoms with Crippen LogP contribution in [0.15, 0.2) is 0 Å².